The molecule has 3 aromatic carbocycles. The maximum atomic E-state index is 12.8. The number of anilines is 2. The summed E-state index contributed by atoms with van der Waals surface area (Å²) in [6.45, 7) is 1.09. The van der Waals surface area contributed by atoms with Crippen molar-refractivity contribution in [2.45, 2.75) is 9.79 Å². The molecule has 0 aromatic heterocycles. The SMILES string of the molecule is O=Cc1ccc(OCCN2c3ccccc3S(=O)c3ccccc32)cc1. The van der Waals surface area contributed by atoms with E-state index in [-0.39, 0.29) is 0 Å². The molecule has 0 spiro atoms. The number of hydrogen-bond acceptors (Lipinski definition) is 4. The minimum atomic E-state index is -1.17. The molecular formula is C21H17NO3S. The Labute approximate surface area is 154 Å². The lowest BCUT2D eigenvalue weighted by Gasteiger charge is -2.32. The fraction of sp³-hybridized carbons (Fsp3) is 0.0952. The molecular weight excluding hydrogens is 346 g/mol. The van der Waals surface area contributed by atoms with E-state index in [1.54, 1.807) is 24.3 Å². The molecule has 4 rings (SSSR count). The van der Waals surface area contributed by atoms with E-state index >= 15 is 0 Å². The van der Waals surface area contributed by atoms with Crippen LogP contribution in [0.1, 0.15) is 10.4 Å². The summed E-state index contributed by atoms with van der Waals surface area (Å²) in [7, 11) is -1.17. The third-order valence-electron chi connectivity index (χ3n) is 4.31. The first-order valence-electron chi connectivity index (χ1n) is 8.33. The molecule has 1 aliphatic heterocycles. The Morgan fingerprint density at radius 3 is 2.00 bits per heavy atom. The van der Waals surface area contributed by atoms with Gasteiger partial charge in [0.2, 0.25) is 0 Å². The van der Waals surface area contributed by atoms with Gasteiger partial charge in [0.25, 0.3) is 0 Å². The van der Waals surface area contributed by atoms with E-state index in [0.29, 0.717) is 18.7 Å². The van der Waals surface area contributed by atoms with Crippen LogP contribution in [-0.4, -0.2) is 23.6 Å². The van der Waals surface area contributed by atoms with Crippen molar-refractivity contribution in [1.29, 1.82) is 0 Å². The van der Waals surface area contributed by atoms with Crippen LogP contribution in [0.3, 0.4) is 0 Å². The highest BCUT2D eigenvalue weighted by atomic mass is 32.2. The van der Waals surface area contributed by atoms with Crippen LogP contribution in [0, 0.1) is 0 Å². The van der Waals surface area contributed by atoms with Crippen LogP contribution in [0.2, 0.25) is 0 Å². The number of hydrogen-bond donors (Lipinski definition) is 0. The van der Waals surface area contributed by atoms with Crippen LogP contribution in [0.25, 0.3) is 0 Å². The Morgan fingerprint density at radius 1 is 0.846 bits per heavy atom. The average molecular weight is 363 g/mol. The summed E-state index contributed by atoms with van der Waals surface area (Å²) in [5.74, 6) is 0.720. The summed E-state index contributed by atoms with van der Waals surface area (Å²) in [6.07, 6.45) is 0.811. The molecule has 0 amide bonds. The maximum absolute atomic E-state index is 12.8. The number of fused-ring (bicyclic) bond motifs is 2. The minimum Gasteiger partial charge on any atom is -0.492 e. The molecule has 1 heterocycles. The normalized spacial score (nSPS) is 13.0. The van der Waals surface area contributed by atoms with Crippen molar-refractivity contribution >= 4 is 28.5 Å². The quantitative estimate of drug-likeness (QED) is 0.638. The lowest BCUT2D eigenvalue weighted by molar-refractivity contribution is 0.112. The Hall–Kier alpha value is -2.92. The second-order valence-electron chi connectivity index (χ2n) is 5.89. The van der Waals surface area contributed by atoms with Gasteiger partial charge in [0, 0.05) is 5.56 Å². The molecule has 0 aliphatic carbocycles. The average Bonchev–Trinajstić information content (AvgIpc) is 2.71. The molecule has 0 atom stereocenters. The first-order chi connectivity index (χ1) is 12.8. The Kier molecular flexibility index (Phi) is 4.54. The van der Waals surface area contributed by atoms with Gasteiger partial charge in [-0.1, -0.05) is 24.3 Å². The fourth-order valence-corrected chi connectivity index (χ4v) is 4.44. The molecule has 0 saturated carbocycles. The predicted octanol–water partition coefficient (Wildman–Crippen LogP) is 4.20. The number of para-hydroxylation sites is 2. The van der Waals surface area contributed by atoms with Crippen molar-refractivity contribution in [1.82, 2.24) is 0 Å². The summed E-state index contributed by atoms with van der Waals surface area (Å²) in [5, 5.41) is 0. The molecule has 0 bridgehead atoms. The molecule has 26 heavy (non-hydrogen) atoms. The lowest BCUT2D eigenvalue weighted by atomic mass is 10.2. The van der Waals surface area contributed by atoms with Gasteiger partial charge in [-0.2, -0.15) is 0 Å². The summed E-state index contributed by atoms with van der Waals surface area (Å²) in [6, 6.07) is 22.6. The highest BCUT2D eigenvalue weighted by molar-refractivity contribution is 7.85. The van der Waals surface area contributed by atoms with Gasteiger partial charge in [-0.3, -0.25) is 4.79 Å². The van der Waals surface area contributed by atoms with Crippen molar-refractivity contribution in [2.75, 3.05) is 18.1 Å². The molecule has 0 unspecified atom stereocenters. The zero-order valence-electron chi connectivity index (χ0n) is 14.0. The zero-order chi connectivity index (χ0) is 17.9. The van der Waals surface area contributed by atoms with Crippen molar-refractivity contribution in [3.05, 3.63) is 78.4 Å². The van der Waals surface area contributed by atoms with Crippen LogP contribution >= 0.6 is 0 Å². The van der Waals surface area contributed by atoms with E-state index in [9.17, 15) is 9.00 Å². The van der Waals surface area contributed by atoms with Crippen molar-refractivity contribution in [2.24, 2.45) is 0 Å². The smallest absolute Gasteiger partial charge is 0.150 e. The van der Waals surface area contributed by atoms with Gasteiger partial charge in [0.1, 0.15) is 18.6 Å². The molecule has 130 valence electrons. The Bertz CT molecular complexity index is 920. The zero-order valence-corrected chi connectivity index (χ0v) is 14.8. The van der Waals surface area contributed by atoms with E-state index in [4.69, 9.17) is 4.74 Å². The highest BCUT2D eigenvalue weighted by Crippen LogP contribution is 2.41. The van der Waals surface area contributed by atoms with Crippen molar-refractivity contribution in [3.8, 4) is 5.75 Å². The molecule has 0 N–H and O–H groups in total. The second-order valence-corrected chi connectivity index (χ2v) is 7.31. The van der Waals surface area contributed by atoms with Gasteiger partial charge in [0.15, 0.2) is 0 Å². The number of nitrogens with zero attached hydrogens (tertiary/aromatic N) is 1. The number of carbonyl (C=O) groups excluding carboxylic acids is 1. The maximum Gasteiger partial charge on any atom is 0.150 e. The van der Waals surface area contributed by atoms with E-state index < -0.39 is 10.8 Å². The van der Waals surface area contributed by atoms with Crippen LogP contribution in [0.4, 0.5) is 11.4 Å². The monoisotopic (exact) mass is 363 g/mol. The van der Waals surface area contributed by atoms with Gasteiger partial charge in [-0.05, 0) is 48.5 Å². The number of rotatable bonds is 5. The Morgan fingerprint density at radius 2 is 1.42 bits per heavy atom. The largest absolute Gasteiger partial charge is 0.492 e. The van der Waals surface area contributed by atoms with Crippen LogP contribution < -0.4 is 9.64 Å². The molecule has 1 aliphatic rings. The van der Waals surface area contributed by atoms with Gasteiger partial charge in [-0.15, -0.1) is 0 Å². The van der Waals surface area contributed by atoms with Crippen LogP contribution in [-0.2, 0) is 10.8 Å². The third kappa shape index (κ3) is 3.02. The number of carbonyl (C=O) groups is 1. The fourth-order valence-electron chi connectivity index (χ4n) is 3.06. The van der Waals surface area contributed by atoms with Crippen molar-refractivity contribution < 1.29 is 13.7 Å². The molecule has 0 radical (unpaired) electrons. The molecule has 5 heteroatoms. The van der Waals surface area contributed by atoms with E-state index in [1.165, 1.54) is 0 Å². The van der Waals surface area contributed by atoms with Crippen molar-refractivity contribution in [3.63, 3.8) is 0 Å². The minimum absolute atomic E-state index is 0.468. The molecule has 4 nitrogen and oxygen atoms in total. The Balaban J connectivity index is 1.57. The molecule has 0 fully saturated rings. The highest BCUT2D eigenvalue weighted by Gasteiger charge is 2.27. The standard InChI is InChI=1S/C21H17NO3S/c23-15-16-9-11-17(12-10-16)25-14-13-22-18-5-1-3-7-20(18)26(24)21-8-4-2-6-19(21)22/h1-12,15H,13-14H2. The number of ether oxygens (including phenoxy) is 1. The third-order valence-corrected chi connectivity index (χ3v) is 5.80. The summed E-state index contributed by atoms with van der Waals surface area (Å²) >= 11 is 0. The first kappa shape index (κ1) is 16.5. The number of benzene rings is 3. The lowest BCUT2D eigenvalue weighted by Crippen LogP contribution is -2.28. The van der Waals surface area contributed by atoms with E-state index in [1.807, 2.05) is 48.5 Å². The number of aldehydes is 1. The van der Waals surface area contributed by atoms with Crippen LogP contribution in [0.15, 0.2) is 82.6 Å². The van der Waals surface area contributed by atoms with Gasteiger partial charge < -0.3 is 9.64 Å². The topological polar surface area (TPSA) is 46.6 Å². The summed E-state index contributed by atoms with van der Waals surface area (Å²) < 4.78 is 18.7. The summed E-state index contributed by atoms with van der Waals surface area (Å²) in [5.41, 5.74) is 2.52. The molecule has 3 aromatic rings. The van der Waals surface area contributed by atoms with E-state index in [0.717, 1.165) is 33.2 Å². The van der Waals surface area contributed by atoms with Gasteiger partial charge in [-0.25, -0.2) is 4.21 Å². The van der Waals surface area contributed by atoms with Gasteiger partial charge in [0.05, 0.1) is 38.5 Å². The second kappa shape index (κ2) is 7.14. The molecule has 0 saturated heterocycles. The van der Waals surface area contributed by atoms with E-state index in [2.05, 4.69) is 4.90 Å². The first-order valence-corrected chi connectivity index (χ1v) is 9.48. The predicted molar refractivity (Wildman–Crippen MR) is 102 cm³/mol. The van der Waals surface area contributed by atoms with Gasteiger partial charge >= 0.3 is 0 Å². The summed E-state index contributed by atoms with van der Waals surface area (Å²) in [4.78, 5) is 14.5. The van der Waals surface area contributed by atoms with Crippen LogP contribution in [0.5, 0.6) is 5.75 Å².